The zero-order valence-corrected chi connectivity index (χ0v) is 12.6. The van der Waals surface area contributed by atoms with E-state index in [4.69, 9.17) is 0 Å². The number of amides is 3. The zero-order chi connectivity index (χ0) is 14.5. The third-order valence-corrected chi connectivity index (χ3v) is 3.32. The molecule has 110 valence electrons. The first kappa shape index (κ1) is 15.8. The summed E-state index contributed by atoms with van der Waals surface area (Å²) in [6.07, 6.45) is 2.62. The molecular weight excluding hydrogens is 242 g/mol. The van der Waals surface area contributed by atoms with Gasteiger partial charge in [-0.2, -0.15) is 0 Å². The van der Waals surface area contributed by atoms with Gasteiger partial charge in [0.05, 0.1) is 0 Å². The van der Waals surface area contributed by atoms with E-state index in [1.165, 1.54) is 0 Å². The Morgan fingerprint density at radius 2 is 1.79 bits per heavy atom. The molecular formula is C14H27N3O2. The van der Waals surface area contributed by atoms with Gasteiger partial charge in [-0.1, -0.05) is 27.7 Å². The summed E-state index contributed by atoms with van der Waals surface area (Å²) in [5.41, 5.74) is -0.352. The largest absolute Gasteiger partial charge is 0.353 e. The number of likely N-dealkylation sites (tertiary alicyclic amines) is 1. The monoisotopic (exact) mass is 269 g/mol. The molecule has 5 heteroatoms. The first-order chi connectivity index (χ1) is 8.84. The Kier molecular flexibility index (Phi) is 5.63. The highest BCUT2D eigenvalue weighted by Crippen LogP contribution is 2.16. The number of nitrogens with one attached hydrogen (secondary N) is 2. The minimum atomic E-state index is -0.352. The number of urea groups is 1. The highest BCUT2D eigenvalue weighted by Gasteiger charge is 2.27. The topological polar surface area (TPSA) is 61.4 Å². The third kappa shape index (κ3) is 5.09. The van der Waals surface area contributed by atoms with Crippen molar-refractivity contribution in [2.24, 2.45) is 5.41 Å². The summed E-state index contributed by atoms with van der Waals surface area (Å²) < 4.78 is 0. The molecule has 0 aromatic rings. The Labute approximate surface area is 116 Å². The summed E-state index contributed by atoms with van der Waals surface area (Å²) in [7, 11) is 0. The second-order valence-corrected chi connectivity index (χ2v) is 6.22. The normalized spacial score (nSPS) is 17.2. The van der Waals surface area contributed by atoms with E-state index in [0.29, 0.717) is 13.1 Å². The number of piperidine rings is 1. The average Bonchev–Trinajstić information content (AvgIpc) is 2.35. The van der Waals surface area contributed by atoms with Gasteiger partial charge in [0, 0.05) is 31.1 Å². The second kappa shape index (κ2) is 6.78. The smallest absolute Gasteiger partial charge is 0.317 e. The average molecular weight is 269 g/mol. The summed E-state index contributed by atoms with van der Waals surface area (Å²) >= 11 is 0. The number of hydrogen-bond acceptors (Lipinski definition) is 2. The lowest BCUT2D eigenvalue weighted by Crippen LogP contribution is -2.51. The minimum Gasteiger partial charge on any atom is -0.353 e. The van der Waals surface area contributed by atoms with E-state index in [0.717, 1.165) is 25.8 Å². The molecule has 5 nitrogen and oxygen atoms in total. The molecule has 2 N–H and O–H groups in total. The van der Waals surface area contributed by atoms with Crippen molar-refractivity contribution in [3.63, 3.8) is 0 Å². The molecule has 0 spiro atoms. The van der Waals surface area contributed by atoms with Gasteiger partial charge in [-0.15, -0.1) is 0 Å². The lowest BCUT2D eigenvalue weighted by Gasteiger charge is -2.33. The fraction of sp³-hybridized carbons (Fsp3) is 0.857. The Morgan fingerprint density at radius 3 is 2.26 bits per heavy atom. The Morgan fingerprint density at radius 1 is 1.21 bits per heavy atom. The van der Waals surface area contributed by atoms with Crippen molar-refractivity contribution in [1.82, 2.24) is 15.5 Å². The van der Waals surface area contributed by atoms with Crippen LogP contribution in [0.5, 0.6) is 0 Å². The molecule has 0 aliphatic carbocycles. The number of carbonyl (C=O) groups is 2. The third-order valence-electron chi connectivity index (χ3n) is 3.32. The second-order valence-electron chi connectivity index (χ2n) is 6.22. The number of hydrogen-bond donors (Lipinski definition) is 2. The number of nitrogens with zero attached hydrogens (tertiary/aromatic N) is 1. The van der Waals surface area contributed by atoms with Crippen LogP contribution in [0.4, 0.5) is 4.79 Å². The molecule has 1 aliphatic rings. The molecule has 0 atom stereocenters. The summed E-state index contributed by atoms with van der Waals surface area (Å²) in [4.78, 5) is 25.5. The van der Waals surface area contributed by atoms with Crippen LogP contribution in [0.2, 0.25) is 0 Å². The number of carbonyl (C=O) groups excluding carboxylic acids is 2. The van der Waals surface area contributed by atoms with Crippen LogP contribution in [0.3, 0.4) is 0 Å². The maximum atomic E-state index is 11.9. The van der Waals surface area contributed by atoms with Crippen molar-refractivity contribution in [2.45, 2.75) is 53.0 Å². The molecule has 0 radical (unpaired) electrons. The van der Waals surface area contributed by atoms with E-state index in [1.54, 1.807) is 0 Å². The van der Waals surface area contributed by atoms with E-state index >= 15 is 0 Å². The standard InChI is InChI=1S/C14H27N3O2/c1-5-8-15-13(19)17-9-6-11(7-10-17)16-12(18)14(2,3)4/h11H,5-10H2,1-4H3,(H,15,19)(H,16,18). The van der Waals surface area contributed by atoms with Crippen molar-refractivity contribution in [2.75, 3.05) is 19.6 Å². The van der Waals surface area contributed by atoms with Gasteiger partial charge in [0.2, 0.25) is 5.91 Å². The molecule has 0 saturated carbocycles. The summed E-state index contributed by atoms with van der Waals surface area (Å²) in [5.74, 6) is 0.0846. The van der Waals surface area contributed by atoms with Gasteiger partial charge in [0.15, 0.2) is 0 Å². The zero-order valence-electron chi connectivity index (χ0n) is 12.6. The SMILES string of the molecule is CCCNC(=O)N1CCC(NC(=O)C(C)(C)C)CC1. The molecule has 19 heavy (non-hydrogen) atoms. The summed E-state index contributed by atoms with van der Waals surface area (Å²) in [5, 5.41) is 5.95. The molecule has 3 amide bonds. The van der Waals surface area contributed by atoms with Crippen LogP contribution in [-0.4, -0.2) is 42.5 Å². The fourth-order valence-corrected chi connectivity index (χ4v) is 1.97. The lowest BCUT2D eigenvalue weighted by molar-refractivity contribution is -0.129. The van der Waals surface area contributed by atoms with Gasteiger partial charge in [-0.05, 0) is 19.3 Å². The first-order valence-corrected chi connectivity index (χ1v) is 7.18. The van der Waals surface area contributed by atoms with E-state index in [1.807, 2.05) is 32.6 Å². The van der Waals surface area contributed by atoms with Gasteiger partial charge >= 0.3 is 6.03 Å². The van der Waals surface area contributed by atoms with Crippen molar-refractivity contribution in [1.29, 1.82) is 0 Å². The van der Waals surface area contributed by atoms with Crippen molar-refractivity contribution in [3.05, 3.63) is 0 Å². The Bertz CT molecular complexity index is 315. The number of rotatable bonds is 3. The summed E-state index contributed by atoms with van der Waals surface area (Å²) in [6.45, 7) is 9.92. The predicted octanol–water partition coefficient (Wildman–Crippen LogP) is 1.73. The molecule has 0 unspecified atom stereocenters. The molecule has 1 saturated heterocycles. The quantitative estimate of drug-likeness (QED) is 0.819. The Balaban J connectivity index is 2.33. The van der Waals surface area contributed by atoms with Crippen molar-refractivity contribution < 1.29 is 9.59 Å². The highest BCUT2D eigenvalue weighted by molar-refractivity contribution is 5.81. The van der Waals surface area contributed by atoms with E-state index in [2.05, 4.69) is 10.6 Å². The first-order valence-electron chi connectivity index (χ1n) is 7.18. The maximum Gasteiger partial charge on any atom is 0.317 e. The maximum absolute atomic E-state index is 11.9. The van der Waals surface area contributed by atoms with E-state index in [-0.39, 0.29) is 23.4 Å². The predicted molar refractivity (Wildman–Crippen MR) is 75.9 cm³/mol. The molecule has 0 bridgehead atoms. The van der Waals surface area contributed by atoms with Crippen molar-refractivity contribution >= 4 is 11.9 Å². The van der Waals surface area contributed by atoms with Gasteiger partial charge in [0.25, 0.3) is 0 Å². The fourth-order valence-electron chi connectivity index (χ4n) is 1.97. The van der Waals surface area contributed by atoms with Gasteiger partial charge in [-0.3, -0.25) is 4.79 Å². The van der Waals surface area contributed by atoms with Gasteiger partial charge in [-0.25, -0.2) is 4.79 Å². The van der Waals surface area contributed by atoms with Gasteiger partial charge in [0.1, 0.15) is 0 Å². The molecule has 0 aromatic carbocycles. The van der Waals surface area contributed by atoms with Crippen LogP contribution in [-0.2, 0) is 4.79 Å². The van der Waals surface area contributed by atoms with E-state index in [9.17, 15) is 9.59 Å². The Hall–Kier alpha value is -1.26. The van der Waals surface area contributed by atoms with Gasteiger partial charge < -0.3 is 15.5 Å². The molecule has 1 heterocycles. The highest BCUT2D eigenvalue weighted by atomic mass is 16.2. The van der Waals surface area contributed by atoms with Crippen LogP contribution in [0, 0.1) is 5.41 Å². The molecule has 1 aliphatic heterocycles. The molecule has 1 fully saturated rings. The van der Waals surface area contributed by atoms with Crippen LogP contribution in [0.25, 0.3) is 0 Å². The minimum absolute atomic E-state index is 0.0162. The van der Waals surface area contributed by atoms with Crippen LogP contribution in [0.15, 0.2) is 0 Å². The van der Waals surface area contributed by atoms with Crippen molar-refractivity contribution in [3.8, 4) is 0 Å². The molecule has 1 rings (SSSR count). The van der Waals surface area contributed by atoms with Crippen LogP contribution >= 0.6 is 0 Å². The van der Waals surface area contributed by atoms with Crippen LogP contribution < -0.4 is 10.6 Å². The summed E-state index contributed by atoms with van der Waals surface area (Å²) in [6, 6.07) is 0.212. The van der Waals surface area contributed by atoms with E-state index < -0.39 is 0 Å². The lowest BCUT2D eigenvalue weighted by atomic mass is 9.94. The molecule has 0 aromatic heterocycles. The van der Waals surface area contributed by atoms with Crippen LogP contribution in [0.1, 0.15) is 47.0 Å².